The van der Waals surface area contributed by atoms with Gasteiger partial charge in [0.2, 0.25) is 11.7 Å². The van der Waals surface area contributed by atoms with Crippen LogP contribution in [0.4, 0.5) is 0 Å². The van der Waals surface area contributed by atoms with Crippen molar-refractivity contribution in [2.75, 3.05) is 7.11 Å². The summed E-state index contributed by atoms with van der Waals surface area (Å²) in [6.45, 7) is 3.70. The summed E-state index contributed by atoms with van der Waals surface area (Å²) in [4.78, 5) is 15.8. The van der Waals surface area contributed by atoms with Gasteiger partial charge >= 0.3 is 0 Å². The van der Waals surface area contributed by atoms with Gasteiger partial charge in [-0.25, -0.2) is 0 Å². The van der Waals surface area contributed by atoms with E-state index in [2.05, 4.69) is 10.1 Å². The van der Waals surface area contributed by atoms with Crippen LogP contribution in [-0.2, 0) is 11.2 Å². The molecular formula is C14H16N2O3. The largest absolute Gasteiger partial charge is 0.497 e. The quantitative estimate of drug-likeness (QED) is 0.826. The molecule has 0 amide bonds. The first-order chi connectivity index (χ1) is 9.10. The SMILES string of the molecule is COc1ccc(-c2noc(CC(=O)C(C)C)n2)cc1. The predicted molar refractivity (Wildman–Crippen MR) is 69.8 cm³/mol. The van der Waals surface area contributed by atoms with Crippen LogP contribution < -0.4 is 4.74 Å². The van der Waals surface area contributed by atoms with Gasteiger partial charge in [0.1, 0.15) is 11.5 Å². The molecule has 0 aliphatic rings. The summed E-state index contributed by atoms with van der Waals surface area (Å²) in [5.74, 6) is 1.66. The van der Waals surface area contributed by atoms with Gasteiger partial charge in [0.15, 0.2) is 0 Å². The van der Waals surface area contributed by atoms with E-state index < -0.39 is 0 Å². The molecule has 0 atom stereocenters. The molecule has 5 nitrogen and oxygen atoms in total. The number of ketones is 1. The average molecular weight is 260 g/mol. The summed E-state index contributed by atoms with van der Waals surface area (Å²) in [7, 11) is 1.61. The highest BCUT2D eigenvalue weighted by Gasteiger charge is 2.14. The summed E-state index contributed by atoms with van der Waals surface area (Å²) in [6, 6.07) is 7.34. The van der Waals surface area contributed by atoms with Gasteiger partial charge in [0, 0.05) is 11.5 Å². The second-order valence-corrected chi connectivity index (χ2v) is 4.54. The van der Waals surface area contributed by atoms with Crippen LogP contribution in [0.15, 0.2) is 28.8 Å². The summed E-state index contributed by atoms with van der Waals surface area (Å²) in [5.41, 5.74) is 0.827. The van der Waals surface area contributed by atoms with Crippen LogP contribution in [0.2, 0.25) is 0 Å². The number of carbonyl (C=O) groups excluding carboxylic acids is 1. The van der Waals surface area contributed by atoms with Crippen molar-refractivity contribution in [2.24, 2.45) is 5.92 Å². The smallest absolute Gasteiger partial charge is 0.234 e. The number of nitrogens with zero attached hydrogens (tertiary/aromatic N) is 2. The summed E-state index contributed by atoms with van der Waals surface area (Å²) in [5, 5.41) is 3.88. The van der Waals surface area contributed by atoms with Crippen LogP contribution in [0.3, 0.4) is 0 Å². The normalized spacial score (nSPS) is 10.7. The van der Waals surface area contributed by atoms with Gasteiger partial charge in [-0.1, -0.05) is 19.0 Å². The molecule has 1 heterocycles. The van der Waals surface area contributed by atoms with Crippen molar-refractivity contribution in [3.8, 4) is 17.1 Å². The van der Waals surface area contributed by atoms with Gasteiger partial charge in [-0.05, 0) is 24.3 Å². The second kappa shape index (κ2) is 5.65. The Kier molecular flexibility index (Phi) is 3.94. The van der Waals surface area contributed by atoms with Gasteiger partial charge in [0.25, 0.3) is 0 Å². The number of hydrogen-bond acceptors (Lipinski definition) is 5. The standard InChI is InChI=1S/C14H16N2O3/c1-9(2)12(17)8-13-15-14(16-19-13)10-4-6-11(18-3)7-5-10/h4-7,9H,8H2,1-3H3. The van der Waals surface area contributed by atoms with E-state index in [1.165, 1.54) is 0 Å². The molecule has 0 saturated carbocycles. The fraction of sp³-hybridized carbons (Fsp3) is 0.357. The molecule has 0 bridgehead atoms. The van der Waals surface area contributed by atoms with Crippen LogP contribution in [0.5, 0.6) is 5.75 Å². The van der Waals surface area contributed by atoms with Gasteiger partial charge in [-0.15, -0.1) is 0 Å². The highest BCUT2D eigenvalue weighted by atomic mass is 16.5. The minimum atomic E-state index is -0.0312. The molecule has 0 N–H and O–H groups in total. The van der Waals surface area contributed by atoms with Gasteiger partial charge in [0.05, 0.1) is 13.5 Å². The molecule has 0 radical (unpaired) electrons. The lowest BCUT2D eigenvalue weighted by atomic mass is 10.1. The number of hydrogen-bond donors (Lipinski definition) is 0. The summed E-state index contributed by atoms with van der Waals surface area (Å²) >= 11 is 0. The van der Waals surface area contributed by atoms with Gasteiger partial charge in [-0.2, -0.15) is 4.98 Å². The first-order valence-corrected chi connectivity index (χ1v) is 6.10. The van der Waals surface area contributed by atoms with Crippen molar-refractivity contribution < 1.29 is 14.1 Å². The maximum Gasteiger partial charge on any atom is 0.234 e. The molecular weight excluding hydrogens is 244 g/mol. The lowest BCUT2D eigenvalue weighted by Crippen LogP contribution is -2.10. The monoisotopic (exact) mass is 260 g/mol. The predicted octanol–water partition coefficient (Wildman–Crippen LogP) is 2.51. The molecule has 0 unspecified atom stereocenters. The zero-order chi connectivity index (χ0) is 13.8. The van der Waals surface area contributed by atoms with Gasteiger partial charge in [-0.3, -0.25) is 4.79 Å². The first kappa shape index (κ1) is 13.3. The zero-order valence-electron chi connectivity index (χ0n) is 11.2. The molecule has 0 aliphatic heterocycles. The van der Waals surface area contributed by atoms with Crippen LogP contribution >= 0.6 is 0 Å². The van der Waals surface area contributed by atoms with Crippen LogP contribution in [-0.4, -0.2) is 23.0 Å². The molecule has 0 fully saturated rings. The number of Topliss-reactive ketones (excluding diaryl/α,β-unsaturated/α-hetero) is 1. The van der Waals surface area contributed by atoms with Crippen LogP contribution in [0.25, 0.3) is 11.4 Å². The highest BCUT2D eigenvalue weighted by molar-refractivity contribution is 5.81. The Morgan fingerprint density at radius 2 is 2.00 bits per heavy atom. The molecule has 0 saturated heterocycles. The Morgan fingerprint density at radius 3 is 2.58 bits per heavy atom. The third kappa shape index (κ3) is 3.19. The molecule has 100 valence electrons. The average Bonchev–Trinajstić information content (AvgIpc) is 2.87. The van der Waals surface area contributed by atoms with Crippen molar-refractivity contribution in [2.45, 2.75) is 20.3 Å². The van der Waals surface area contributed by atoms with E-state index in [0.29, 0.717) is 11.7 Å². The Morgan fingerprint density at radius 1 is 1.32 bits per heavy atom. The zero-order valence-corrected chi connectivity index (χ0v) is 11.2. The van der Waals surface area contributed by atoms with E-state index >= 15 is 0 Å². The van der Waals surface area contributed by atoms with E-state index in [1.54, 1.807) is 7.11 Å². The van der Waals surface area contributed by atoms with Crippen molar-refractivity contribution in [3.05, 3.63) is 30.2 Å². The lowest BCUT2D eigenvalue weighted by Gasteiger charge is -1.99. The molecule has 0 aliphatic carbocycles. The maximum atomic E-state index is 11.6. The number of ether oxygens (including phenoxy) is 1. The Labute approximate surface area is 111 Å². The number of methoxy groups -OCH3 is 1. The molecule has 0 spiro atoms. The lowest BCUT2D eigenvalue weighted by molar-refractivity contribution is -0.121. The van der Waals surface area contributed by atoms with Crippen molar-refractivity contribution >= 4 is 5.78 Å². The van der Waals surface area contributed by atoms with Crippen molar-refractivity contribution in [1.82, 2.24) is 10.1 Å². The molecule has 2 aromatic rings. The third-order valence-electron chi connectivity index (χ3n) is 2.79. The van der Waals surface area contributed by atoms with Crippen LogP contribution in [0.1, 0.15) is 19.7 Å². The fourth-order valence-electron chi connectivity index (χ4n) is 1.54. The van der Waals surface area contributed by atoms with Crippen molar-refractivity contribution in [1.29, 1.82) is 0 Å². The molecule has 1 aromatic carbocycles. The number of aromatic nitrogens is 2. The highest BCUT2D eigenvalue weighted by Crippen LogP contribution is 2.20. The topological polar surface area (TPSA) is 65.2 Å². The third-order valence-corrected chi connectivity index (χ3v) is 2.79. The van der Waals surface area contributed by atoms with Crippen molar-refractivity contribution in [3.63, 3.8) is 0 Å². The molecule has 1 aromatic heterocycles. The van der Waals surface area contributed by atoms with E-state index in [4.69, 9.17) is 9.26 Å². The Hall–Kier alpha value is -2.17. The van der Waals surface area contributed by atoms with E-state index in [-0.39, 0.29) is 18.1 Å². The number of carbonyl (C=O) groups is 1. The second-order valence-electron chi connectivity index (χ2n) is 4.54. The molecule has 5 heteroatoms. The summed E-state index contributed by atoms with van der Waals surface area (Å²) in [6.07, 6.45) is 0.181. The Bertz CT molecular complexity index is 558. The molecule has 19 heavy (non-hydrogen) atoms. The minimum Gasteiger partial charge on any atom is -0.497 e. The summed E-state index contributed by atoms with van der Waals surface area (Å²) < 4.78 is 10.2. The van der Waals surface area contributed by atoms with Gasteiger partial charge < -0.3 is 9.26 Å². The minimum absolute atomic E-state index is 0.0312. The van der Waals surface area contributed by atoms with Crippen LogP contribution in [0, 0.1) is 5.92 Å². The number of rotatable bonds is 5. The number of benzene rings is 1. The van der Waals surface area contributed by atoms with E-state index in [9.17, 15) is 4.79 Å². The Balaban J connectivity index is 2.13. The first-order valence-electron chi connectivity index (χ1n) is 6.10. The van der Waals surface area contributed by atoms with E-state index in [1.807, 2.05) is 38.1 Å². The van der Waals surface area contributed by atoms with E-state index in [0.717, 1.165) is 11.3 Å². The fourth-order valence-corrected chi connectivity index (χ4v) is 1.54. The maximum absolute atomic E-state index is 11.6. The molecule has 2 rings (SSSR count).